The lowest BCUT2D eigenvalue weighted by atomic mass is 9.46. The lowest BCUT2D eigenvalue weighted by Gasteiger charge is -2.58. The summed E-state index contributed by atoms with van der Waals surface area (Å²) in [6.07, 6.45) is 8.45. The van der Waals surface area contributed by atoms with E-state index in [0.717, 1.165) is 31.2 Å². The molecule has 0 radical (unpaired) electrons. The average molecular weight is 553 g/mol. The van der Waals surface area contributed by atoms with Gasteiger partial charge in [0.05, 0.1) is 6.10 Å². The summed E-state index contributed by atoms with van der Waals surface area (Å²) in [7, 11) is 0. The van der Waals surface area contributed by atoms with Crippen LogP contribution in [0.25, 0.3) is 11.1 Å². The van der Waals surface area contributed by atoms with Crippen LogP contribution in [0.5, 0.6) is 0 Å². The largest absolute Gasteiger partial charge is 0.344 e. The van der Waals surface area contributed by atoms with Gasteiger partial charge in [0.25, 0.3) is 0 Å². The molecule has 7 atom stereocenters. The zero-order valence-corrected chi connectivity index (χ0v) is 25.1. The van der Waals surface area contributed by atoms with Crippen LogP contribution in [0, 0.1) is 34.4 Å². The molecule has 2 aromatic rings. The fraction of sp³-hybridized carbons (Fsp3) is 0.486. The molecule has 1 saturated heterocycles. The third-order valence-corrected chi connectivity index (χ3v) is 11.6. The second kappa shape index (κ2) is 8.84. The van der Waals surface area contributed by atoms with Crippen molar-refractivity contribution < 1.29 is 18.7 Å². The van der Waals surface area contributed by atoms with Crippen molar-refractivity contribution in [3.63, 3.8) is 0 Å². The van der Waals surface area contributed by atoms with Crippen molar-refractivity contribution in [1.29, 1.82) is 0 Å². The molecule has 0 N–H and O–H groups in total. The van der Waals surface area contributed by atoms with Crippen LogP contribution in [0.4, 0.5) is 4.39 Å². The van der Waals surface area contributed by atoms with E-state index in [9.17, 15) is 9.18 Å². The number of hydrogen-bond acceptors (Lipinski definition) is 3. The highest BCUT2D eigenvalue weighted by molar-refractivity contribution is 5.98. The van der Waals surface area contributed by atoms with Crippen molar-refractivity contribution in [2.45, 2.75) is 84.7 Å². The Kier molecular flexibility index (Phi) is 5.83. The maximum atomic E-state index is 13.9. The average Bonchev–Trinajstić information content (AvgIpc) is 3.35. The number of hydrogen-bond donors (Lipinski definition) is 0. The summed E-state index contributed by atoms with van der Waals surface area (Å²) in [5, 5.41) is 0. The molecule has 4 heteroatoms. The van der Waals surface area contributed by atoms with Crippen LogP contribution in [-0.2, 0) is 14.3 Å². The maximum absolute atomic E-state index is 13.9. The summed E-state index contributed by atoms with van der Waals surface area (Å²) in [6.45, 7) is 12.6. The molecule has 0 spiro atoms. The number of halogens is 1. The van der Waals surface area contributed by atoms with Gasteiger partial charge in [-0.2, -0.15) is 0 Å². The normalized spacial score (nSPS) is 38.8. The highest BCUT2D eigenvalue weighted by Crippen LogP contribution is 2.71. The number of fused-ring (bicyclic) bond motifs is 7. The van der Waals surface area contributed by atoms with Crippen molar-refractivity contribution in [2.24, 2.45) is 28.6 Å². The summed E-state index contributed by atoms with van der Waals surface area (Å²) in [5.74, 6) is 0.235. The Morgan fingerprint density at radius 2 is 1.66 bits per heavy atom. The second-order valence-corrected chi connectivity index (χ2v) is 14.1. The van der Waals surface area contributed by atoms with Crippen LogP contribution in [0.2, 0.25) is 0 Å². The van der Waals surface area contributed by atoms with E-state index in [1.54, 1.807) is 19.1 Å². The highest BCUT2D eigenvalue weighted by atomic mass is 19.1. The molecule has 0 aromatic heterocycles. The molecule has 1 aliphatic heterocycles. The van der Waals surface area contributed by atoms with Crippen LogP contribution in [0.1, 0.15) is 78.4 Å². The molecule has 2 saturated carbocycles. The molecule has 214 valence electrons. The molecule has 0 amide bonds. The Balaban J connectivity index is 1.34. The van der Waals surface area contributed by atoms with E-state index in [1.165, 1.54) is 27.9 Å². The molecule has 41 heavy (non-hydrogen) atoms. The van der Waals surface area contributed by atoms with Crippen molar-refractivity contribution >= 4 is 16.9 Å². The van der Waals surface area contributed by atoms with Crippen LogP contribution in [0.3, 0.4) is 0 Å². The third kappa shape index (κ3) is 3.66. The Morgan fingerprint density at radius 3 is 2.34 bits per heavy atom. The number of ketones is 1. The first-order valence-electron chi connectivity index (χ1n) is 15.2. The Morgan fingerprint density at radius 1 is 0.951 bits per heavy atom. The fourth-order valence-electron chi connectivity index (χ4n) is 9.94. The Hall–Kier alpha value is -2.82. The van der Waals surface area contributed by atoms with E-state index in [2.05, 4.69) is 63.3 Å². The molecule has 4 aliphatic carbocycles. The van der Waals surface area contributed by atoms with Gasteiger partial charge in [0.2, 0.25) is 0 Å². The van der Waals surface area contributed by atoms with Gasteiger partial charge >= 0.3 is 0 Å². The van der Waals surface area contributed by atoms with Crippen LogP contribution < -0.4 is 0 Å². The van der Waals surface area contributed by atoms with Crippen LogP contribution >= 0.6 is 0 Å². The van der Waals surface area contributed by atoms with Gasteiger partial charge in [0.1, 0.15) is 5.82 Å². The van der Waals surface area contributed by atoms with Gasteiger partial charge in [-0.05, 0) is 111 Å². The predicted molar refractivity (Wildman–Crippen MR) is 160 cm³/mol. The second-order valence-electron chi connectivity index (χ2n) is 14.1. The van der Waals surface area contributed by atoms with Crippen molar-refractivity contribution in [2.75, 3.05) is 0 Å². The number of ether oxygens (including phenoxy) is 2. The molecule has 5 aliphatic rings. The van der Waals surface area contributed by atoms with Crippen molar-refractivity contribution in [1.82, 2.24) is 0 Å². The standard InChI is InChI=1S/C37H41FO3/c1-22-18-28-30(16-17-36(6)32(28)20-33-37(36,23(2)39)41-34(3,4)40-33)35(5)21-29(24-10-8-7-9-11-24)27(19-31(22)35)25-12-14-26(38)15-13-25/h7-15,18-19,28,30,32-33H,16-17,20-21H2,1-6H3/t28-,30+,32+,33+,35-,36+,37-/m1/s1. The van der Waals surface area contributed by atoms with E-state index in [-0.39, 0.29) is 28.5 Å². The zero-order valence-electron chi connectivity index (χ0n) is 25.1. The first-order chi connectivity index (χ1) is 19.4. The maximum Gasteiger partial charge on any atom is 0.164 e. The molecular formula is C37H41FO3. The van der Waals surface area contributed by atoms with E-state index < -0.39 is 11.4 Å². The first-order valence-corrected chi connectivity index (χ1v) is 15.2. The Labute approximate surface area is 243 Å². The SMILES string of the molecule is CC(=O)[C@@]12OC(C)(C)O[C@H]1C[C@H]1[C@@H]3C=C(C)C4=CC(c5ccc(F)cc5)=C(c5ccccc5)C[C@]4(C)[C@H]3CC[C@@]12C. The predicted octanol–water partition coefficient (Wildman–Crippen LogP) is 8.56. The van der Waals surface area contributed by atoms with Gasteiger partial charge in [-0.25, -0.2) is 4.39 Å². The van der Waals surface area contributed by atoms with Gasteiger partial charge in [0, 0.05) is 10.8 Å². The third-order valence-electron chi connectivity index (χ3n) is 11.6. The lowest BCUT2D eigenvalue weighted by Crippen LogP contribution is -2.59. The van der Waals surface area contributed by atoms with Gasteiger partial charge in [-0.15, -0.1) is 0 Å². The summed E-state index contributed by atoms with van der Waals surface area (Å²) < 4.78 is 27.0. The lowest BCUT2D eigenvalue weighted by molar-refractivity contribution is -0.210. The van der Waals surface area contributed by atoms with E-state index in [1.807, 2.05) is 26.0 Å². The Bertz CT molecular complexity index is 1510. The summed E-state index contributed by atoms with van der Waals surface area (Å²) >= 11 is 0. The number of allylic oxidation sites excluding steroid dienone is 6. The van der Waals surface area contributed by atoms with Crippen LogP contribution in [0.15, 0.2) is 77.9 Å². The van der Waals surface area contributed by atoms with Gasteiger partial charge in [-0.3, -0.25) is 4.79 Å². The number of carbonyl (C=O) groups is 1. The van der Waals surface area contributed by atoms with E-state index in [0.29, 0.717) is 17.8 Å². The highest BCUT2D eigenvalue weighted by Gasteiger charge is 2.75. The van der Waals surface area contributed by atoms with Crippen molar-refractivity contribution in [3.05, 3.63) is 94.8 Å². The zero-order chi connectivity index (χ0) is 28.9. The quantitative estimate of drug-likeness (QED) is 0.383. The minimum absolute atomic E-state index is 0.0540. The minimum Gasteiger partial charge on any atom is -0.344 e. The molecule has 2 aromatic carbocycles. The smallest absolute Gasteiger partial charge is 0.164 e. The summed E-state index contributed by atoms with van der Waals surface area (Å²) in [6, 6.07) is 17.6. The summed E-state index contributed by atoms with van der Waals surface area (Å²) in [4.78, 5) is 13.4. The van der Waals surface area contributed by atoms with Gasteiger partial charge in [-0.1, -0.05) is 74.0 Å². The number of Topliss-reactive ketones (excluding diaryl/α,β-unsaturated/α-hetero) is 1. The molecular weight excluding hydrogens is 511 g/mol. The molecule has 0 bridgehead atoms. The fourth-order valence-corrected chi connectivity index (χ4v) is 9.94. The molecule has 3 fully saturated rings. The van der Waals surface area contributed by atoms with Gasteiger partial charge in [0.15, 0.2) is 17.2 Å². The monoisotopic (exact) mass is 552 g/mol. The number of rotatable bonds is 3. The number of benzene rings is 2. The molecule has 3 nitrogen and oxygen atoms in total. The van der Waals surface area contributed by atoms with Crippen LogP contribution in [-0.4, -0.2) is 23.3 Å². The number of carbonyl (C=O) groups excluding carboxylic acids is 1. The minimum atomic E-state index is -0.887. The molecule has 1 heterocycles. The van der Waals surface area contributed by atoms with Crippen molar-refractivity contribution in [3.8, 4) is 0 Å². The molecule has 7 rings (SSSR count). The first kappa shape index (κ1) is 27.0. The summed E-state index contributed by atoms with van der Waals surface area (Å²) in [5.41, 5.74) is 6.28. The van der Waals surface area contributed by atoms with E-state index >= 15 is 0 Å². The topological polar surface area (TPSA) is 35.5 Å². The van der Waals surface area contributed by atoms with Gasteiger partial charge < -0.3 is 9.47 Å². The molecule has 0 unspecified atom stereocenters. The van der Waals surface area contributed by atoms with E-state index in [4.69, 9.17) is 9.47 Å².